The number of aromatic amines is 1. The first-order chi connectivity index (χ1) is 9.81. The van der Waals surface area contributed by atoms with E-state index in [1.165, 1.54) is 48.6 Å². The minimum absolute atomic E-state index is 0.949. The maximum atomic E-state index is 3.61. The van der Waals surface area contributed by atoms with Crippen molar-refractivity contribution in [2.45, 2.75) is 45.6 Å². The van der Waals surface area contributed by atoms with E-state index in [0.717, 1.165) is 24.9 Å². The molecule has 1 heterocycles. The molecule has 0 radical (unpaired) electrons. The molecule has 2 atom stereocenters. The van der Waals surface area contributed by atoms with Crippen LogP contribution in [-0.2, 0) is 6.54 Å². The smallest absolute Gasteiger partial charge is 0.0454 e. The van der Waals surface area contributed by atoms with E-state index in [-0.39, 0.29) is 0 Å². The van der Waals surface area contributed by atoms with Gasteiger partial charge in [0.15, 0.2) is 0 Å². The number of H-pyrrole nitrogens is 1. The van der Waals surface area contributed by atoms with Crippen LogP contribution < -0.4 is 5.32 Å². The van der Waals surface area contributed by atoms with Crippen molar-refractivity contribution in [2.75, 3.05) is 6.54 Å². The highest BCUT2D eigenvalue weighted by Gasteiger charge is 2.17. The zero-order valence-electron chi connectivity index (χ0n) is 12.5. The fourth-order valence-corrected chi connectivity index (χ4v) is 3.57. The molecule has 1 aliphatic carbocycles. The Labute approximate surface area is 122 Å². The van der Waals surface area contributed by atoms with E-state index in [9.17, 15) is 0 Å². The van der Waals surface area contributed by atoms with Crippen molar-refractivity contribution in [3.8, 4) is 0 Å². The van der Waals surface area contributed by atoms with Crippen LogP contribution in [0.15, 0.2) is 30.5 Å². The lowest BCUT2D eigenvalue weighted by atomic mass is 9.81. The van der Waals surface area contributed by atoms with Gasteiger partial charge in [-0.15, -0.1) is 0 Å². The lowest BCUT2D eigenvalue weighted by molar-refractivity contribution is 0.267. The van der Waals surface area contributed by atoms with Crippen LogP contribution in [0.2, 0.25) is 0 Å². The number of fused-ring (bicyclic) bond motifs is 1. The third-order valence-corrected chi connectivity index (χ3v) is 4.72. The van der Waals surface area contributed by atoms with Gasteiger partial charge in [0.25, 0.3) is 0 Å². The van der Waals surface area contributed by atoms with Gasteiger partial charge < -0.3 is 10.3 Å². The van der Waals surface area contributed by atoms with Crippen molar-refractivity contribution in [2.24, 2.45) is 11.8 Å². The molecule has 2 heteroatoms. The standard InChI is InChI=1S/C18H26N2/c1-14-3-2-4-15(11-14)7-9-19-13-16-5-6-18-17(12-16)8-10-20-18/h5-6,8,10,12,14-15,19-20H,2-4,7,9,11,13H2,1H3. The number of hydrogen-bond donors (Lipinski definition) is 2. The Morgan fingerprint density at radius 2 is 2.20 bits per heavy atom. The number of benzene rings is 1. The van der Waals surface area contributed by atoms with Crippen LogP contribution in [0.25, 0.3) is 10.9 Å². The van der Waals surface area contributed by atoms with Crippen molar-refractivity contribution in [1.82, 2.24) is 10.3 Å². The second-order valence-electron chi connectivity index (χ2n) is 6.50. The first kappa shape index (κ1) is 13.7. The highest BCUT2D eigenvalue weighted by molar-refractivity contribution is 5.79. The molecule has 1 saturated carbocycles. The van der Waals surface area contributed by atoms with E-state index < -0.39 is 0 Å². The van der Waals surface area contributed by atoms with Crippen molar-refractivity contribution >= 4 is 10.9 Å². The maximum Gasteiger partial charge on any atom is 0.0454 e. The molecule has 0 spiro atoms. The molecule has 1 aromatic carbocycles. The van der Waals surface area contributed by atoms with Gasteiger partial charge in [0, 0.05) is 18.3 Å². The number of aromatic nitrogens is 1. The number of nitrogens with one attached hydrogen (secondary N) is 2. The summed E-state index contributed by atoms with van der Waals surface area (Å²) in [5, 5.41) is 4.92. The first-order valence-electron chi connectivity index (χ1n) is 8.08. The van der Waals surface area contributed by atoms with Crippen molar-refractivity contribution in [3.05, 3.63) is 36.0 Å². The SMILES string of the molecule is CC1CCCC(CCNCc2ccc3[nH]ccc3c2)C1. The molecule has 20 heavy (non-hydrogen) atoms. The molecule has 0 saturated heterocycles. The van der Waals surface area contributed by atoms with Crippen molar-refractivity contribution < 1.29 is 0 Å². The molecule has 2 N–H and O–H groups in total. The van der Waals surface area contributed by atoms with E-state index in [1.54, 1.807) is 0 Å². The van der Waals surface area contributed by atoms with Gasteiger partial charge in [-0.3, -0.25) is 0 Å². The Balaban J connectivity index is 1.43. The third kappa shape index (κ3) is 3.43. The summed E-state index contributed by atoms with van der Waals surface area (Å²) in [6.07, 6.45) is 9.12. The Kier molecular flexibility index (Phi) is 4.41. The molecule has 0 bridgehead atoms. The third-order valence-electron chi connectivity index (χ3n) is 4.72. The van der Waals surface area contributed by atoms with Crippen LogP contribution in [0.5, 0.6) is 0 Å². The van der Waals surface area contributed by atoms with E-state index >= 15 is 0 Å². The highest BCUT2D eigenvalue weighted by atomic mass is 14.8. The lowest BCUT2D eigenvalue weighted by Gasteiger charge is -2.26. The second kappa shape index (κ2) is 6.45. The molecule has 1 fully saturated rings. The maximum absolute atomic E-state index is 3.61. The predicted octanol–water partition coefficient (Wildman–Crippen LogP) is 4.47. The fraction of sp³-hybridized carbons (Fsp3) is 0.556. The lowest BCUT2D eigenvalue weighted by Crippen LogP contribution is -2.21. The minimum Gasteiger partial charge on any atom is -0.361 e. The quantitative estimate of drug-likeness (QED) is 0.771. The molecule has 2 aromatic rings. The topological polar surface area (TPSA) is 27.8 Å². The van der Waals surface area contributed by atoms with E-state index in [0.29, 0.717) is 0 Å². The fourth-order valence-electron chi connectivity index (χ4n) is 3.57. The Bertz CT molecular complexity index is 543. The van der Waals surface area contributed by atoms with Gasteiger partial charge in [0.1, 0.15) is 0 Å². The predicted molar refractivity (Wildman–Crippen MR) is 85.7 cm³/mol. The molecule has 108 valence electrons. The van der Waals surface area contributed by atoms with E-state index in [2.05, 4.69) is 41.5 Å². The summed E-state index contributed by atoms with van der Waals surface area (Å²) >= 11 is 0. The molecule has 2 nitrogen and oxygen atoms in total. The minimum atomic E-state index is 0.949. The van der Waals surface area contributed by atoms with Gasteiger partial charge in [-0.1, -0.05) is 32.3 Å². The zero-order chi connectivity index (χ0) is 13.8. The summed E-state index contributed by atoms with van der Waals surface area (Å²) in [5.74, 6) is 1.91. The van der Waals surface area contributed by atoms with Crippen LogP contribution in [-0.4, -0.2) is 11.5 Å². The van der Waals surface area contributed by atoms with E-state index in [1.807, 2.05) is 6.20 Å². The van der Waals surface area contributed by atoms with E-state index in [4.69, 9.17) is 0 Å². The Morgan fingerprint density at radius 3 is 3.10 bits per heavy atom. The summed E-state index contributed by atoms with van der Waals surface area (Å²) < 4.78 is 0. The average molecular weight is 270 g/mol. The molecule has 0 aliphatic heterocycles. The second-order valence-corrected chi connectivity index (χ2v) is 6.50. The zero-order valence-corrected chi connectivity index (χ0v) is 12.5. The molecule has 1 aromatic heterocycles. The van der Waals surface area contributed by atoms with Gasteiger partial charge in [-0.2, -0.15) is 0 Å². The number of rotatable bonds is 5. The highest BCUT2D eigenvalue weighted by Crippen LogP contribution is 2.30. The first-order valence-corrected chi connectivity index (χ1v) is 8.08. The summed E-state index contributed by atoms with van der Waals surface area (Å²) in [5.41, 5.74) is 2.61. The van der Waals surface area contributed by atoms with Crippen molar-refractivity contribution in [3.63, 3.8) is 0 Å². The molecule has 0 amide bonds. The normalized spacial score (nSPS) is 23.2. The van der Waals surface area contributed by atoms with Gasteiger partial charge in [0.2, 0.25) is 0 Å². The van der Waals surface area contributed by atoms with Gasteiger partial charge in [0.05, 0.1) is 0 Å². The van der Waals surface area contributed by atoms with Gasteiger partial charge in [-0.05, 0) is 60.4 Å². The Morgan fingerprint density at radius 1 is 1.25 bits per heavy atom. The summed E-state index contributed by atoms with van der Waals surface area (Å²) in [4.78, 5) is 3.24. The van der Waals surface area contributed by atoms with Crippen LogP contribution in [0, 0.1) is 11.8 Å². The van der Waals surface area contributed by atoms with Crippen LogP contribution >= 0.6 is 0 Å². The molecule has 1 aliphatic rings. The van der Waals surface area contributed by atoms with Crippen LogP contribution in [0.1, 0.15) is 44.6 Å². The average Bonchev–Trinajstić information content (AvgIpc) is 2.91. The molecular formula is C18H26N2. The number of hydrogen-bond acceptors (Lipinski definition) is 1. The molecule has 2 unspecified atom stereocenters. The molecule has 3 rings (SSSR count). The van der Waals surface area contributed by atoms with Crippen LogP contribution in [0.4, 0.5) is 0 Å². The summed E-state index contributed by atoms with van der Waals surface area (Å²) in [6.45, 7) is 4.55. The van der Waals surface area contributed by atoms with Crippen LogP contribution in [0.3, 0.4) is 0 Å². The van der Waals surface area contributed by atoms with Crippen molar-refractivity contribution in [1.29, 1.82) is 0 Å². The summed E-state index contributed by atoms with van der Waals surface area (Å²) in [7, 11) is 0. The largest absolute Gasteiger partial charge is 0.361 e. The van der Waals surface area contributed by atoms with Gasteiger partial charge in [-0.25, -0.2) is 0 Å². The van der Waals surface area contributed by atoms with Gasteiger partial charge >= 0.3 is 0 Å². The molecular weight excluding hydrogens is 244 g/mol. The summed E-state index contributed by atoms with van der Waals surface area (Å²) in [6, 6.07) is 8.81. The Hall–Kier alpha value is -1.28. The monoisotopic (exact) mass is 270 g/mol.